The van der Waals surface area contributed by atoms with E-state index in [1.54, 1.807) is 24.4 Å². The van der Waals surface area contributed by atoms with Gasteiger partial charge in [0.05, 0.1) is 24.6 Å². The smallest absolute Gasteiger partial charge is 0.238 e. The number of hydrogen-bond acceptors (Lipinski definition) is 3. The number of aromatic nitrogens is 2. The third kappa shape index (κ3) is 3.88. The van der Waals surface area contributed by atoms with E-state index in [0.29, 0.717) is 17.9 Å². The number of hydrogen-bond donors (Lipinski definition) is 1. The molecule has 0 saturated heterocycles. The minimum absolute atomic E-state index is 0.126. The Morgan fingerprint density at radius 2 is 2.14 bits per heavy atom. The van der Waals surface area contributed by atoms with Crippen molar-refractivity contribution in [1.82, 2.24) is 14.7 Å². The van der Waals surface area contributed by atoms with E-state index < -0.39 is 0 Å². The Bertz CT molecular complexity index is 624. The molecule has 0 aliphatic rings. The van der Waals surface area contributed by atoms with Crippen molar-refractivity contribution < 1.29 is 9.18 Å². The number of carbonyl (C=O) groups excluding carboxylic acids is 1. The lowest BCUT2D eigenvalue weighted by molar-refractivity contribution is -0.117. The molecule has 0 unspecified atom stereocenters. The van der Waals surface area contributed by atoms with Gasteiger partial charge >= 0.3 is 0 Å². The third-order valence-corrected chi connectivity index (χ3v) is 3.24. The average molecular weight is 290 g/mol. The molecule has 1 amide bonds. The van der Waals surface area contributed by atoms with Crippen LogP contribution in [0.15, 0.2) is 36.7 Å². The number of nitrogens with one attached hydrogen (secondary N) is 1. The summed E-state index contributed by atoms with van der Waals surface area (Å²) >= 11 is 0. The van der Waals surface area contributed by atoms with Crippen molar-refractivity contribution >= 4 is 11.6 Å². The summed E-state index contributed by atoms with van der Waals surface area (Å²) in [6.07, 6.45) is 3.09. The number of carbonyl (C=O) groups is 1. The SMILES string of the molecule is CC(C)N(C)CC(=O)Nc1cnn(-c2ccccc2F)c1. The maximum Gasteiger partial charge on any atom is 0.238 e. The average Bonchev–Trinajstić information content (AvgIpc) is 2.87. The molecule has 2 rings (SSSR count). The molecule has 0 fully saturated rings. The van der Waals surface area contributed by atoms with Gasteiger partial charge in [-0.2, -0.15) is 5.10 Å². The van der Waals surface area contributed by atoms with Crippen molar-refractivity contribution in [1.29, 1.82) is 0 Å². The van der Waals surface area contributed by atoms with Crippen molar-refractivity contribution in [2.24, 2.45) is 0 Å². The van der Waals surface area contributed by atoms with E-state index in [2.05, 4.69) is 10.4 Å². The molecule has 1 aromatic heterocycles. The van der Waals surface area contributed by atoms with Crippen molar-refractivity contribution in [3.05, 3.63) is 42.5 Å². The first-order chi connectivity index (χ1) is 9.97. The molecule has 6 heteroatoms. The Hall–Kier alpha value is -2.21. The van der Waals surface area contributed by atoms with Crippen LogP contribution in [0.2, 0.25) is 0 Å². The Labute approximate surface area is 123 Å². The molecule has 1 N–H and O–H groups in total. The fourth-order valence-electron chi connectivity index (χ4n) is 1.77. The second-order valence-electron chi connectivity index (χ2n) is 5.18. The molecular formula is C15H19FN4O. The highest BCUT2D eigenvalue weighted by molar-refractivity contribution is 5.92. The maximum absolute atomic E-state index is 13.7. The lowest BCUT2D eigenvalue weighted by Crippen LogP contribution is -2.34. The molecule has 21 heavy (non-hydrogen) atoms. The first-order valence-corrected chi connectivity index (χ1v) is 6.77. The first kappa shape index (κ1) is 15.2. The zero-order valence-electron chi connectivity index (χ0n) is 12.4. The zero-order chi connectivity index (χ0) is 15.4. The topological polar surface area (TPSA) is 50.2 Å². The predicted molar refractivity (Wildman–Crippen MR) is 79.9 cm³/mol. The summed E-state index contributed by atoms with van der Waals surface area (Å²) in [4.78, 5) is 13.8. The number of rotatable bonds is 5. The van der Waals surface area contributed by atoms with Gasteiger partial charge in [-0.3, -0.25) is 9.69 Å². The highest BCUT2D eigenvalue weighted by atomic mass is 19.1. The number of anilines is 1. The van der Waals surface area contributed by atoms with Gasteiger partial charge in [0.15, 0.2) is 0 Å². The Morgan fingerprint density at radius 3 is 2.81 bits per heavy atom. The van der Waals surface area contributed by atoms with Crippen molar-refractivity contribution in [2.45, 2.75) is 19.9 Å². The van der Waals surface area contributed by atoms with Crippen LogP contribution in [0.25, 0.3) is 5.69 Å². The zero-order valence-corrected chi connectivity index (χ0v) is 12.4. The molecule has 0 radical (unpaired) electrons. The minimum atomic E-state index is -0.363. The fraction of sp³-hybridized carbons (Fsp3) is 0.333. The van der Waals surface area contributed by atoms with Gasteiger partial charge in [0.2, 0.25) is 5.91 Å². The lowest BCUT2D eigenvalue weighted by atomic mass is 10.3. The number of benzene rings is 1. The first-order valence-electron chi connectivity index (χ1n) is 6.77. The van der Waals surface area contributed by atoms with E-state index in [9.17, 15) is 9.18 Å². The number of amides is 1. The van der Waals surface area contributed by atoms with Gasteiger partial charge in [0.25, 0.3) is 0 Å². The second-order valence-corrected chi connectivity index (χ2v) is 5.18. The number of halogens is 1. The quantitative estimate of drug-likeness (QED) is 0.919. The molecular weight excluding hydrogens is 271 g/mol. The Morgan fingerprint density at radius 1 is 1.43 bits per heavy atom. The van der Waals surface area contributed by atoms with Crippen LogP contribution < -0.4 is 5.32 Å². The normalized spacial score (nSPS) is 11.1. The molecule has 0 aliphatic carbocycles. The van der Waals surface area contributed by atoms with Gasteiger partial charge in [-0.25, -0.2) is 9.07 Å². The van der Waals surface area contributed by atoms with E-state index in [4.69, 9.17) is 0 Å². The highest BCUT2D eigenvalue weighted by Crippen LogP contribution is 2.14. The summed E-state index contributed by atoms with van der Waals surface area (Å²) in [7, 11) is 1.88. The summed E-state index contributed by atoms with van der Waals surface area (Å²) in [5, 5.41) is 6.81. The van der Waals surface area contributed by atoms with Crippen LogP contribution in [-0.4, -0.2) is 40.2 Å². The Balaban J connectivity index is 2.04. The summed E-state index contributed by atoms with van der Waals surface area (Å²) in [6.45, 7) is 4.33. The molecule has 0 aliphatic heterocycles. The number of likely N-dealkylation sites (N-methyl/N-ethyl adjacent to an activating group) is 1. The van der Waals surface area contributed by atoms with Crippen LogP contribution in [-0.2, 0) is 4.79 Å². The molecule has 0 spiro atoms. The van der Waals surface area contributed by atoms with Gasteiger partial charge in [-0.15, -0.1) is 0 Å². The largest absolute Gasteiger partial charge is 0.322 e. The van der Waals surface area contributed by atoms with Crippen molar-refractivity contribution in [3.63, 3.8) is 0 Å². The maximum atomic E-state index is 13.7. The van der Waals surface area contributed by atoms with Crippen LogP contribution >= 0.6 is 0 Å². The summed E-state index contributed by atoms with van der Waals surface area (Å²) in [5.41, 5.74) is 0.887. The Kier molecular flexibility index (Phi) is 4.70. The molecule has 2 aromatic rings. The van der Waals surface area contributed by atoms with Gasteiger partial charge in [0, 0.05) is 6.04 Å². The van der Waals surface area contributed by atoms with Gasteiger partial charge in [-0.1, -0.05) is 12.1 Å². The van der Waals surface area contributed by atoms with Gasteiger partial charge in [0.1, 0.15) is 11.5 Å². The number of para-hydroxylation sites is 1. The molecule has 1 aromatic carbocycles. The summed E-state index contributed by atoms with van der Waals surface area (Å²) < 4.78 is 15.1. The van der Waals surface area contributed by atoms with E-state index in [-0.39, 0.29) is 17.8 Å². The van der Waals surface area contributed by atoms with Crippen LogP contribution in [0.4, 0.5) is 10.1 Å². The van der Waals surface area contributed by atoms with Crippen molar-refractivity contribution in [2.75, 3.05) is 18.9 Å². The number of nitrogens with zero attached hydrogens (tertiary/aromatic N) is 3. The summed E-state index contributed by atoms with van der Waals surface area (Å²) in [6, 6.07) is 6.63. The molecule has 0 atom stereocenters. The van der Waals surface area contributed by atoms with Crippen LogP contribution in [0.5, 0.6) is 0 Å². The van der Waals surface area contributed by atoms with E-state index in [1.165, 1.54) is 16.9 Å². The van der Waals surface area contributed by atoms with Gasteiger partial charge in [-0.05, 0) is 33.0 Å². The standard InChI is InChI=1S/C15H19FN4O/c1-11(2)19(3)10-15(21)18-12-8-17-20(9-12)14-7-5-4-6-13(14)16/h4-9,11H,10H2,1-3H3,(H,18,21). The van der Waals surface area contributed by atoms with Crippen LogP contribution in [0.1, 0.15) is 13.8 Å². The van der Waals surface area contributed by atoms with Crippen LogP contribution in [0, 0.1) is 5.82 Å². The minimum Gasteiger partial charge on any atom is -0.322 e. The fourth-order valence-corrected chi connectivity index (χ4v) is 1.77. The second kappa shape index (κ2) is 6.49. The van der Waals surface area contributed by atoms with Gasteiger partial charge < -0.3 is 5.32 Å². The molecule has 5 nitrogen and oxygen atoms in total. The highest BCUT2D eigenvalue weighted by Gasteiger charge is 2.11. The van der Waals surface area contributed by atoms with Crippen molar-refractivity contribution in [3.8, 4) is 5.69 Å². The third-order valence-electron chi connectivity index (χ3n) is 3.24. The summed E-state index contributed by atoms with van der Waals surface area (Å²) in [5.74, 6) is -0.489. The van der Waals surface area contributed by atoms with Crippen LogP contribution in [0.3, 0.4) is 0 Å². The molecule has 0 saturated carbocycles. The predicted octanol–water partition coefficient (Wildman–Crippen LogP) is 2.29. The van der Waals surface area contributed by atoms with E-state index in [0.717, 1.165) is 0 Å². The molecule has 112 valence electrons. The molecule has 0 bridgehead atoms. The monoisotopic (exact) mass is 290 g/mol. The molecule has 1 heterocycles. The lowest BCUT2D eigenvalue weighted by Gasteiger charge is -2.19. The van der Waals surface area contributed by atoms with E-state index >= 15 is 0 Å². The van der Waals surface area contributed by atoms with E-state index in [1.807, 2.05) is 25.8 Å².